The minimum Gasteiger partial charge on any atom is -0.444 e. The van der Waals surface area contributed by atoms with Crippen LogP contribution in [0.15, 0.2) is 0 Å². The predicted octanol–water partition coefficient (Wildman–Crippen LogP) is 2.11. The monoisotopic (exact) mass is 329 g/mol. The molecule has 1 atom stereocenters. The summed E-state index contributed by atoms with van der Waals surface area (Å²) >= 11 is 0. The normalized spacial score (nSPS) is 18.4. The third-order valence-corrected chi connectivity index (χ3v) is 3.38. The molecular weight excluding hydrogens is 298 g/mol. The number of hydrogen-bond donors (Lipinski definition) is 2. The average molecular weight is 329 g/mol. The van der Waals surface area contributed by atoms with Crippen LogP contribution in [0.25, 0.3) is 0 Å². The highest BCUT2D eigenvalue weighted by Crippen LogP contribution is 2.12. The van der Waals surface area contributed by atoms with E-state index in [1.165, 1.54) is 0 Å². The standard InChI is InChI=1S/C16H31N3O4/c1-5-22-11-7-9-17-14(20)19-10-6-8-13(12-19)18-15(21)23-16(2,3)4/h13H,5-12H2,1-4H3,(H,17,20)(H,18,21). The molecule has 0 bridgehead atoms. The molecule has 2 N–H and O–H groups in total. The van der Waals surface area contributed by atoms with Crippen molar-refractivity contribution in [3.8, 4) is 0 Å². The first kappa shape index (κ1) is 19.5. The highest BCUT2D eigenvalue weighted by atomic mass is 16.6. The van der Waals surface area contributed by atoms with Gasteiger partial charge >= 0.3 is 12.1 Å². The molecule has 0 saturated carbocycles. The molecule has 23 heavy (non-hydrogen) atoms. The molecule has 0 spiro atoms. The third-order valence-electron chi connectivity index (χ3n) is 3.38. The number of alkyl carbamates (subject to hydrolysis) is 1. The van der Waals surface area contributed by atoms with Gasteiger partial charge in [-0.1, -0.05) is 0 Å². The molecule has 1 fully saturated rings. The maximum Gasteiger partial charge on any atom is 0.407 e. The summed E-state index contributed by atoms with van der Waals surface area (Å²) in [5.74, 6) is 0. The van der Waals surface area contributed by atoms with Gasteiger partial charge in [-0.2, -0.15) is 0 Å². The summed E-state index contributed by atoms with van der Waals surface area (Å²) in [4.78, 5) is 25.7. The summed E-state index contributed by atoms with van der Waals surface area (Å²) in [7, 11) is 0. The van der Waals surface area contributed by atoms with E-state index in [2.05, 4.69) is 10.6 Å². The fourth-order valence-corrected chi connectivity index (χ4v) is 2.38. The molecule has 0 aromatic heterocycles. The second-order valence-electron chi connectivity index (χ2n) is 6.71. The quantitative estimate of drug-likeness (QED) is 0.732. The van der Waals surface area contributed by atoms with Gasteiger partial charge in [-0.3, -0.25) is 0 Å². The molecule has 0 aromatic rings. The van der Waals surface area contributed by atoms with Gasteiger partial charge in [0, 0.05) is 38.9 Å². The lowest BCUT2D eigenvalue weighted by Gasteiger charge is -2.33. The summed E-state index contributed by atoms with van der Waals surface area (Å²) in [6.07, 6.45) is 2.09. The Morgan fingerprint density at radius 2 is 2.04 bits per heavy atom. The van der Waals surface area contributed by atoms with Gasteiger partial charge in [0.2, 0.25) is 0 Å². The fourth-order valence-electron chi connectivity index (χ4n) is 2.38. The van der Waals surface area contributed by atoms with Crippen LogP contribution >= 0.6 is 0 Å². The van der Waals surface area contributed by atoms with E-state index in [1.807, 2.05) is 27.7 Å². The van der Waals surface area contributed by atoms with Crippen LogP contribution in [0.4, 0.5) is 9.59 Å². The van der Waals surface area contributed by atoms with E-state index in [0.717, 1.165) is 19.3 Å². The van der Waals surface area contributed by atoms with Crippen molar-refractivity contribution in [2.24, 2.45) is 0 Å². The van der Waals surface area contributed by atoms with Crippen molar-refractivity contribution in [2.75, 3.05) is 32.8 Å². The molecular formula is C16H31N3O4. The summed E-state index contributed by atoms with van der Waals surface area (Å²) in [6.45, 7) is 10.6. The van der Waals surface area contributed by atoms with E-state index in [9.17, 15) is 9.59 Å². The zero-order chi connectivity index (χ0) is 17.3. The molecule has 3 amide bonds. The molecule has 1 rings (SSSR count). The Bertz CT molecular complexity index is 382. The molecule has 7 heteroatoms. The van der Waals surface area contributed by atoms with Crippen LogP contribution in [-0.4, -0.2) is 61.5 Å². The molecule has 134 valence electrons. The number of amides is 3. The van der Waals surface area contributed by atoms with E-state index < -0.39 is 11.7 Å². The SMILES string of the molecule is CCOCCCNC(=O)N1CCCC(NC(=O)OC(C)(C)C)C1. The van der Waals surface area contributed by atoms with Gasteiger partial charge in [0.25, 0.3) is 0 Å². The first-order valence-corrected chi connectivity index (χ1v) is 8.42. The van der Waals surface area contributed by atoms with E-state index in [-0.39, 0.29) is 12.1 Å². The molecule has 1 saturated heterocycles. The van der Waals surface area contributed by atoms with Crippen LogP contribution in [0.3, 0.4) is 0 Å². The first-order valence-electron chi connectivity index (χ1n) is 8.42. The van der Waals surface area contributed by atoms with Gasteiger partial charge in [0.05, 0.1) is 0 Å². The van der Waals surface area contributed by atoms with E-state index in [0.29, 0.717) is 32.8 Å². The Kier molecular flexibility index (Phi) is 8.16. The van der Waals surface area contributed by atoms with Gasteiger partial charge in [-0.15, -0.1) is 0 Å². The smallest absolute Gasteiger partial charge is 0.407 e. The highest BCUT2D eigenvalue weighted by Gasteiger charge is 2.26. The van der Waals surface area contributed by atoms with Crippen LogP contribution in [0.2, 0.25) is 0 Å². The Morgan fingerprint density at radius 1 is 1.30 bits per heavy atom. The van der Waals surface area contributed by atoms with E-state index in [4.69, 9.17) is 9.47 Å². The zero-order valence-electron chi connectivity index (χ0n) is 14.8. The van der Waals surface area contributed by atoms with Gasteiger partial charge < -0.3 is 25.0 Å². The fraction of sp³-hybridized carbons (Fsp3) is 0.875. The number of nitrogens with one attached hydrogen (secondary N) is 2. The van der Waals surface area contributed by atoms with Gasteiger partial charge in [0.15, 0.2) is 0 Å². The van der Waals surface area contributed by atoms with Crippen molar-refractivity contribution >= 4 is 12.1 Å². The lowest BCUT2D eigenvalue weighted by molar-refractivity contribution is 0.0479. The van der Waals surface area contributed by atoms with Crippen LogP contribution in [0, 0.1) is 0 Å². The largest absolute Gasteiger partial charge is 0.444 e. The molecule has 1 aliphatic rings. The second-order valence-corrected chi connectivity index (χ2v) is 6.71. The number of ether oxygens (including phenoxy) is 2. The lowest BCUT2D eigenvalue weighted by atomic mass is 10.1. The van der Waals surface area contributed by atoms with Crippen molar-refractivity contribution in [3.05, 3.63) is 0 Å². The van der Waals surface area contributed by atoms with Gasteiger partial charge in [-0.05, 0) is 47.0 Å². The van der Waals surface area contributed by atoms with Crippen molar-refractivity contribution in [1.29, 1.82) is 0 Å². The van der Waals surface area contributed by atoms with Crippen LogP contribution in [0.1, 0.15) is 47.0 Å². The molecule has 1 heterocycles. The summed E-state index contributed by atoms with van der Waals surface area (Å²) < 4.78 is 10.5. The maximum atomic E-state index is 12.1. The maximum absolute atomic E-state index is 12.1. The molecule has 1 aliphatic heterocycles. The van der Waals surface area contributed by atoms with E-state index in [1.54, 1.807) is 4.90 Å². The average Bonchev–Trinajstić information content (AvgIpc) is 2.45. The van der Waals surface area contributed by atoms with Gasteiger partial charge in [0.1, 0.15) is 5.60 Å². The number of hydrogen-bond acceptors (Lipinski definition) is 4. The van der Waals surface area contributed by atoms with Crippen LogP contribution in [0.5, 0.6) is 0 Å². The van der Waals surface area contributed by atoms with Crippen LogP contribution in [-0.2, 0) is 9.47 Å². The summed E-state index contributed by atoms with van der Waals surface area (Å²) in [5, 5.41) is 5.73. The Labute approximate surface area is 139 Å². The summed E-state index contributed by atoms with van der Waals surface area (Å²) in [5.41, 5.74) is -0.517. The van der Waals surface area contributed by atoms with E-state index >= 15 is 0 Å². The topological polar surface area (TPSA) is 79.9 Å². The lowest BCUT2D eigenvalue weighted by Crippen LogP contribution is -2.53. The number of urea groups is 1. The molecule has 0 aliphatic carbocycles. The highest BCUT2D eigenvalue weighted by molar-refractivity contribution is 5.74. The van der Waals surface area contributed by atoms with Crippen molar-refractivity contribution in [3.63, 3.8) is 0 Å². The van der Waals surface area contributed by atoms with Crippen molar-refractivity contribution < 1.29 is 19.1 Å². The minimum absolute atomic E-state index is 0.0622. The number of piperidine rings is 1. The number of likely N-dealkylation sites (tertiary alicyclic amines) is 1. The summed E-state index contributed by atoms with van der Waals surface area (Å²) in [6, 6.07) is -0.148. The zero-order valence-corrected chi connectivity index (χ0v) is 14.8. The van der Waals surface area contributed by atoms with Gasteiger partial charge in [-0.25, -0.2) is 9.59 Å². The number of carbonyl (C=O) groups is 2. The van der Waals surface area contributed by atoms with Crippen molar-refractivity contribution in [1.82, 2.24) is 15.5 Å². The molecule has 1 unspecified atom stereocenters. The Hall–Kier alpha value is -1.50. The number of rotatable bonds is 6. The molecule has 7 nitrogen and oxygen atoms in total. The third kappa shape index (κ3) is 8.64. The Morgan fingerprint density at radius 3 is 2.70 bits per heavy atom. The number of carbonyl (C=O) groups excluding carboxylic acids is 2. The van der Waals surface area contributed by atoms with Crippen molar-refractivity contribution in [2.45, 2.75) is 58.6 Å². The van der Waals surface area contributed by atoms with Crippen LogP contribution < -0.4 is 10.6 Å². The number of nitrogens with zero attached hydrogens (tertiary/aromatic N) is 1. The first-order chi connectivity index (χ1) is 10.8. The molecule has 0 aromatic carbocycles. The molecule has 0 radical (unpaired) electrons. The Balaban J connectivity index is 2.30. The minimum atomic E-state index is -0.517. The predicted molar refractivity (Wildman–Crippen MR) is 88.5 cm³/mol. The second kappa shape index (κ2) is 9.60.